The van der Waals surface area contributed by atoms with E-state index in [1.807, 2.05) is 6.92 Å². The van der Waals surface area contributed by atoms with Crippen molar-refractivity contribution < 1.29 is 18.7 Å². The first-order chi connectivity index (χ1) is 11.0. The molecule has 0 saturated carbocycles. The van der Waals surface area contributed by atoms with Crippen LogP contribution in [-0.2, 0) is 15.5 Å². The number of aromatic nitrogens is 1. The van der Waals surface area contributed by atoms with E-state index in [0.717, 1.165) is 0 Å². The summed E-state index contributed by atoms with van der Waals surface area (Å²) in [6.45, 7) is 1.83. The molecule has 0 radical (unpaired) electrons. The zero-order valence-electron chi connectivity index (χ0n) is 12.4. The van der Waals surface area contributed by atoms with Gasteiger partial charge in [-0.25, -0.2) is 4.98 Å². The molecule has 1 unspecified atom stereocenters. The van der Waals surface area contributed by atoms with Gasteiger partial charge in [-0.3, -0.25) is 10.1 Å². The van der Waals surface area contributed by atoms with Crippen molar-refractivity contribution in [2.24, 2.45) is 0 Å². The zero-order valence-corrected chi connectivity index (χ0v) is 14.0. The van der Waals surface area contributed by atoms with Crippen molar-refractivity contribution in [2.75, 3.05) is 7.11 Å². The van der Waals surface area contributed by atoms with Crippen LogP contribution in [-0.4, -0.2) is 17.0 Å². The van der Waals surface area contributed by atoms with E-state index in [1.54, 1.807) is 12.1 Å². The highest BCUT2D eigenvalue weighted by atomic mass is 35.5. The van der Waals surface area contributed by atoms with Crippen LogP contribution in [0.25, 0.3) is 0 Å². The largest absolute Gasteiger partial charge is 0.556 e. The van der Waals surface area contributed by atoms with Crippen LogP contribution in [0.4, 0.5) is 5.69 Å². The Morgan fingerprint density at radius 2 is 2.13 bits per heavy atom. The molecule has 1 heterocycles. The topological polar surface area (TPSA) is 91.6 Å². The van der Waals surface area contributed by atoms with Crippen LogP contribution in [0.1, 0.15) is 12.5 Å². The molecule has 1 atom stereocenters. The molecule has 0 fully saturated rings. The average Bonchev–Trinajstić information content (AvgIpc) is 2.55. The molecule has 120 valence electrons. The van der Waals surface area contributed by atoms with Crippen molar-refractivity contribution in [3.63, 3.8) is 0 Å². The standard InChI is InChI=1S/C14H13ClN2O5P/c1-3-9-6-11(17(18)19)13(23(20)21-2)7-12(9)22-14-5-4-10(15)8-16-14/h4-8H,3H2,1-2H3/q+1. The summed E-state index contributed by atoms with van der Waals surface area (Å²) in [5, 5.41) is 11.6. The predicted molar refractivity (Wildman–Crippen MR) is 86.0 cm³/mol. The van der Waals surface area contributed by atoms with Gasteiger partial charge in [0.15, 0.2) is 0 Å². The Balaban J connectivity index is 2.51. The molecular weight excluding hydrogens is 343 g/mol. The first-order valence-corrected chi connectivity index (χ1v) is 8.13. The van der Waals surface area contributed by atoms with Gasteiger partial charge in [-0.1, -0.05) is 18.5 Å². The number of pyridine rings is 1. The number of benzene rings is 1. The molecule has 7 nitrogen and oxygen atoms in total. The number of nitrogens with zero attached hydrogens (tertiary/aromatic N) is 2. The maximum atomic E-state index is 11.9. The third-order valence-corrected chi connectivity index (χ3v) is 4.32. The third-order valence-electron chi connectivity index (χ3n) is 3.01. The number of hydrogen-bond acceptors (Lipinski definition) is 6. The fourth-order valence-electron chi connectivity index (χ4n) is 1.90. The molecule has 0 N–H and O–H groups in total. The second-order valence-electron chi connectivity index (χ2n) is 4.42. The maximum Gasteiger partial charge on any atom is 0.556 e. The van der Waals surface area contributed by atoms with E-state index in [1.165, 1.54) is 25.4 Å². The SMILES string of the molecule is CCc1cc([N+](=O)[O-])c([P+](=O)OC)cc1Oc1ccc(Cl)cn1. The van der Waals surface area contributed by atoms with Crippen LogP contribution in [0.15, 0.2) is 30.5 Å². The van der Waals surface area contributed by atoms with Gasteiger partial charge in [0.1, 0.15) is 5.75 Å². The van der Waals surface area contributed by atoms with E-state index in [0.29, 0.717) is 22.8 Å². The van der Waals surface area contributed by atoms with Crippen LogP contribution in [0.3, 0.4) is 0 Å². The molecule has 0 bridgehead atoms. The highest BCUT2D eigenvalue weighted by Crippen LogP contribution is 2.33. The molecule has 0 aliphatic rings. The molecule has 0 saturated heterocycles. The Hall–Kier alpha value is -2.08. The van der Waals surface area contributed by atoms with E-state index in [9.17, 15) is 14.7 Å². The molecule has 2 aromatic rings. The minimum absolute atomic E-state index is 0.0336. The Kier molecular flexibility index (Phi) is 5.60. The fraction of sp³-hybridized carbons (Fsp3) is 0.214. The van der Waals surface area contributed by atoms with Crippen molar-refractivity contribution >= 4 is 30.6 Å². The van der Waals surface area contributed by atoms with E-state index in [4.69, 9.17) is 20.9 Å². The van der Waals surface area contributed by atoms with Gasteiger partial charge >= 0.3 is 19.0 Å². The summed E-state index contributed by atoms with van der Waals surface area (Å²) in [6, 6.07) is 5.87. The highest BCUT2D eigenvalue weighted by Gasteiger charge is 2.34. The van der Waals surface area contributed by atoms with Gasteiger partial charge in [0.2, 0.25) is 5.88 Å². The summed E-state index contributed by atoms with van der Waals surface area (Å²) in [7, 11) is -1.13. The molecule has 1 aromatic carbocycles. The van der Waals surface area contributed by atoms with E-state index >= 15 is 0 Å². The monoisotopic (exact) mass is 355 g/mol. The first-order valence-electron chi connectivity index (χ1n) is 6.58. The van der Waals surface area contributed by atoms with Crippen molar-refractivity contribution in [1.82, 2.24) is 4.98 Å². The number of nitro benzene ring substituents is 1. The molecular formula is C14H13ClN2O5P+. The Morgan fingerprint density at radius 3 is 2.65 bits per heavy atom. The minimum Gasteiger partial charge on any atom is -0.439 e. The van der Waals surface area contributed by atoms with E-state index < -0.39 is 13.0 Å². The predicted octanol–water partition coefficient (Wildman–Crippen LogP) is 4.01. The highest BCUT2D eigenvalue weighted by molar-refractivity contribution is 7.48. The van der Waals surface area contributed by atoms with Crippen LogP contribution in [0, 0.1) is 10.1 Å². The normalized spacial score (nSPS) is 11.2. The van der Waals surface area contributed by atoms with Gasteiger partial charge in [-0.15, -0.1) is 4.52 Å². The number of ether oxygens (including phenoxy) is 1. The Labute approximate surface area is 138 Å². The van der Waals surface area contributed by atoms with Crippen LogP contribution >= 0.6 is 19.6 Å². The van der Waals surface area contributed by atoms with Crippen LogP contribution in [0.2, 0.25) is 5.02 Å². The first kappa shape index (κ1) is 17.3. The van der Waals surface area contributed by atoms with Gasteiger partial charge < -0.3 is 4.74 Å². The number of halogens is 1. The summed E-state index contributed by atoms with van der Waals surface area (Å²) in [4.78, 5) is 14.6. The Morgan fingerprint density at radius 1 is 1.39 bits per heavy atom. The van der Waals surface area contributed by atoms with Gasteiger partial charge in [0.05, 0.1) is 17.1 Å². The fourth-order valence-corrected chi connectivity index (χ4v) is 2.76. The summed E-state index contributed by atoms with van der Waals surface area (Å²) >= 11 is 5.77. The van der Waals surface area contributed by atoms with Gasteiger partial charge in [0.25, 0.3) is 0 Å². The molecule has 0 aliphatic carbocycles. The zero-order chi connectivity index (χ0) is 17.0. The van der Waals surface area contributed by atoms with Crippen LogP contribution in [0.5, 0.6) is 11.6 Å². The second kappa shape index (κ2) is 7.46. The average molecular weight is 356 g/mol. The summed E-state index contributed by atoms with van der Waals surface area (Å²) in [6.07, 6.45) is 1.91. The molecule has 0 aliphatic heterocycles. The molecule has 0 spiro atoms. The summed E-state index contributed by atoms with van der Waals surface area (Å²) in [5.41, 5.74) is 0.331. The van der Waals surface area contributed by atoms with Gasteiger partial charge in [-0.05, 0) is 17.1 Å². The summed E-state index contributed by atoms with van der Waals surface area (Å²) < 4.78 is 22.3. The second-order valence-corrected chi connectivity index (χ2v) is 6.21. The third kappa shape index (κ3) is 4.01. The van der Waals surface area contributed by atoms with Gasteiger partial charge in [-0.2, -0.15) is 0 Å². The van der Waals surface area contributed by atoms with Gasteiger partial charge in [0, 0.05) is 30.0 Å². The number of aryl methyl sites for hydroxylation is 1. The molecule has 23 heavy (non-hydrogen) atoms. The molecule has 9 heteroatoms. The van der Waals surface area contributed by atoms with E-state index in [-0.39, 0.29) is 16.9 Å². The lowest BCUT2D eigenvalue weighted by atomic mass is 10.1. The molecule has 1 aromatic heterocycles. The summed E-state index contributed by atoms with van der Waals surface area (Å²) in [5.74, 6) is 0.611. The maximum absolute atomic E-state index is 11.9. The molecule has 2 rings (SSSR count). The van der Waals surface area contributed by atoms with Crippen molar-refractivity contribution in [2.45, 2.75) is 13.3 Å². The van der Waals surface area contributed by atoms with Crippen molar-refractivity contribution in [3.05, 3.63) is 51.2 Å². The van der Waals surface area contributed by atoms with Crippen molar-refractivity contribution in [3.8, 4) is 11.6 Å². The lowest BCUT2D eigenvalue weighted by Crippen LogP contribution is -2.08. The van der Waals surface area contributed by atoms with Crippen molar-refractivity contribution in [1.29, 1.82) is 0 Å². The smallest absolute Gasteiger partial charge is 0.439 e. The number of rotatable bonds is 6. The van der Waals surface area contributed by atoms with Crippen LogP contribution < -0.4 is 10.0 Å². The molecule has 0 amide bonds. The number of hydrogen-bond donors (Lipinski definition) is 0. The number of nitro groups is 1. The minimum atomic E-state index is -2.35. The lowest BCUT2D eigenvalue weighted by molar-refractivity contribution is -0.383. The van der Waals surface area contributed by atoms with E-state index in [2.05, 4.69) is 4.98 Å². The lowest BCUT2D eigenvalue weighted by Gasteiger charge is -2.09. The Bertz CT molecular complexity index is 752. The quantitative estimate of drug-likeness (QED) is 0.441.